The highest BCUT2D eigenvalue weighted by atomic mass is 31.2. The van der Waals surface area contributed by atoms with Gasteiger partial charge in [0.05, 0.1) is 26.4 Å². The Hall–Kier alpha value is -3.79. The van der Waals surface area contributed by atoms with Crippen molar-refractivity contribution in [2.75, 3.05) is 39.6 Å². The number of carbonyl (C=O) groups is 3. The van der Waals surface area contributed by atoms with Gasteiger partial charge in [0.2, 0.25) is 0 Å². The second kappa shape index (κ2) is 64.3. The molecule has 5 atom stereocenters. The molecule has 0 aliphatic rings. The number of ether oxygens (including phenoxy) is 3. The first-order chi connectivity index (χ1) is 43.2. The number of carbonyl (C=O) groups excluding carboxylic acids is 3. The quantitative estimate of drug-likeness (QED) is 0.0146. The summed E-state index contributed by atoms with van der Waals surface area (Å²) in [5.74, 6) is -1.63. The Kier molecular flexibility index (Phi) is 61.6. The lowest BCUT2D eigenvalue weighted by molar-refractivity contribution is -0.161. The van der Waals surface area contributed by atoms with Crippen molar-refractivity contribution in [1.82, 2.24) is 0 Å². The summed E-state index contributed by atoms with van der Waals surface area (Å²) in [5, 5.41) is 20.5. The van der Waals surface area contributed by atoms with E-state index in [1.807, 2.05) is 0 Å². The Bertz CT molecular complexity index is 2060. The van der Waals surface area contributed by atoms with E-state index in [4.69, 9.17) is 32.3 Å². The van der Waals surface area contributed by atoms with Crippen LogP contribution in [-0.4, -0.2) is 95.9 Å². The maximum absolute atomic E-state index is 12.9. The summed E-state index contributed by atoms with van der Waals surface area (Å²) in [6, 6.07) is 0. The lowest BCUT2D eigenvalue weighted by Gasteiger charge is -2.21. The first-order valence-electron chi connectivity index (χ1n) is 34.2. The summed E-state index contributed by atoms with van der Waals surface area (Å²) in [5.41, 5.74) is 0. The van der Waals surface area contributed by atoms with Gasteiger partial charge in [-0.15, -0.1) is 0 Å². The number of phosphoric acid groups is 2. The molecule has 0 saturated carbocycles. The highest BCUT2D eigenvalue weighted by Gasteiger charge is 2.29. The zero-order chi connectivity index (χ0) is 65.3. The van der Waals surface area contributed by atoms with E-state index < -0.39 is 91.5 Å². The van der Waals surface area contributed by atoms with Crippen molar-refractivity contribution in [3.8, 4) is 0 Å². The van der Waals surface area contributed by atoms with E-state index in [0.29, 0.717) is 19.3 Å². The van der Waals surface area contributed by atoms with E-state index in [-0.39, 0.29) is 19.3 Å². The van der Waals surface area contributed by atoms with Gasteiger partial charge in [0.25, 0.3) is 0 Å². The number of hydrogen-bond donors (Lipinski definition) is 4. The van der Waals surface area contributed by atoms with Crippen LogP contribution in [0.15, 0.2) is 109 Å². The summed E-state index contributed by atoms with van der Waals surface area (Å²) < 4.78 is 60.8. The van der Waals surface area contributed by atoms with Gasteiger partial charge in [-0.2, -0.15) is 0 Å². The van der Waals surface area contributed by atoms with Crippen LogP contribution in [0.2, 0.25) is 0 Å². The third kappa shape index (κ3) is 65.5. The average molecular weight is 1290 g/mol. The summed E-state index contributed by atoms with van der Waals surface area (Å²) in [6.07, 6.45) is 71.4. The minimum Gasteiger partial charge on any atom is -0.463 e. The summed E-state index contributed by atoms with van der Waals surface area (Å²) >= 11 is 0. The van der Waals surface area contributed by atoms with E-state index in [1.54, 1.807) is 0 Å². The van der Waals surface area contributed by atoms with Gasteiger partial charge in [0.1, 0.15) is 25.4 Å². The van der Waals surface area contributed by atoms with E-state index >= 15 is 0 Å². The van der Waals surface area contributed by atoms with Crippen LogP contribution in [0.5, 0.6) is 0 Å². The first-order valence-corrected chi connectivity index (χ1v) is 37.2. The third-order valence-electron chi connectivity index (χ3n) is 14.0. The fraction of sp³-hybridized carbons (Fsp3) is 0.704. The molecule has 0 radical (unpaired) electrons. The van der Waals surface area contributed by atoms with E-state index in [2.05, 4.69) is 130 Å². The van der Waals surface area contributed by atoms with Crippen LogP contribution in [0.1, 0.15) is 265 Å². The molecule has 89 heavy (non-hydrogen) atoms. The molecule has 0 aliphatic heterocycles. The smallest absolute Gasteiger partial charge is 0.463 e. The normalized spacial score (nSPS) is 14.9. The van der Waals surface area contributed by atoms with Crippen LogP contribution in [-0.2, 0) is 55.8 Å². The Morgan fingerprint density at radius 1 is 0.326 bits per heavy atom. The fourth-order valence-electron chi connectivity index (χ4n) is 8.76. The van der Waals surface area contributed by atoms with Crippen LogP contribution in [0.25, 0.3) is 0 Å². The van der Waals surface area contributed by atoms with Gasteiger partial charge in [0.15, 0.2) is 6.10 Å². The molecule has 18 heteroatoms. The number of aliphatic hydroxyl groups is 2. The average Bonchev–Trinajstić information content (AvgIpc) is 3.72. The highest BCUT2D eigenvalue weighted by Crippen LogP contribution is 2.45. The zero-order valence-corrected chi connectivity index (χ0v) is 57.1. The largest absolute Gasteiger partial charge is 0.472 e. The molecule has 0 aromatic rings. The van der Waals surface area contributed by atoms with Gasteiger partial charge in [-0.3, -0.25) is 32.5 Å². The van der Waals surface area contributed by atoms with Crippen molar-refractivity contribution < 1.29 is 75.8 Å². The molecule has 0 amide bonds. The minimum atomic E-state index is -4.93. The topological polar surface area (TPSA) is 231 Å². The lowest BCUT2D eigenvalue weighted by Crippen LogP contribution is -2.30. The summed E-state index contributed by atoms with van der Waals surface area (Å²) in [4.78, 5) is 58.3. The molecule has 0 heterocycles. The number of aliphatic hydroxyl groups excluding tert-OH is 2. The highest BCUT2D eigenvalue weighted by molar-refractivity contribution is 7.47. The predicted molar refractivity (Wildman–Crippen MR) is 362 cm³/mol. The van der Waals surface area contributed by atoms with Crippen LogP contribution in [0, 0.1) is 0 Å². The minimum absolute atomic E-state index is 0.0973. The second-order valence-electron chi connectivity index (χ2n) is 22.6. The van der Waals surface area contributed by atoms with E-state index in [9.17, 15) is 43.5 Å². The van der Waals surface area contributed by atoms with Gasteiger partial charge in [-0.25, -0.2) is 9.13 Å². The molecule has 0 aromatic heterocycles. The Morgan fingerprint density at radius 3 is 0.978 bits per heavy atom. The van der Waals surface area contributed by atoms with Crippen molar-refractivity contribution in [3.63, 3.8) is 0 Å². The molecule has 0 fully saturated rings. The van der Waals surface area contributed by atoms with Gasteiger partial charge < -0.3 is 34.2 Å². The van der Waals surface area contributed by atoms with Crippen LogP contribution < -0.4 is 0 Å². The molecule has 0 aromatic carbocycles. The van der Waals surface area contributed by atoms with Crippen molar-refractivity contribution in [2.45, 2.75) is 283 Å². The monoisotopic (exact) mass is 1290 g/mol. The molecule has 0 saturated heterocycles. The van der Waals surface area contributed by atoms with Gasteiger partial charge in [-0.05, 0) is 109 Å². The third-order valence-corrected chi connectivity index (χ3v) is 15.9. The van der Waals surface area contributed by atoms with Crippen molar-refractivity contribution in [1.29, 1.82) is 0 Å². The number of allylic oxidation sites excluding steroid dienone is 18. The number of rotatable bonds is 64. The van der Waals surface area contributed by atoms with Crippen molar-refractivity contribution in [2.24, 2.45) is 0 Å². The Morgan fingerprint density at radius 2 is 0.596 bits per heavy atom. The SMILES string of the molecule is CC/C=C\C/C=C\C/C=C\C/C=C\C/C=C\CCCCCC(=O)OCC(COP(=O)(O)OCC(O)COP(=O)(O)OCC(O)COC(=O)CCCCCCC/C=C\C/C=C\C/C=C\C/C=C\CCCCC)OC(=O)CCCCCCCCCCCCCCC. The molecular weight excluding hydrogens is 1170 g/mol. The lowest BCUT2D eigenvalue weighted by atomic mass is 10.0. The standard InChI is InChI=1S/C71H122O16P2/c1-4-7-10-13-16-19-22-25-27-29-31-32-34-36-37-40-42-45-48-51-54-57-69(74)81-60-66(72)61-83-88(77,78)84-62-67(73)63-85-89(79,80)86-65-68(87-71(76)59-56-53-50-47-44-39-24-21-18-15-12-9-6-3)64-82-70(75)58-55-52-49-46-43-41-38-35-33-30-28-26-23-20-17-14-11-8-5-2/h8,11,16-17,19-20,25-28,31-33,35-37,41,43,66-68,72-73H,4-7,9-10,12-15,18,21-24,29-30,34,38-40,42,44-65H2,1-3H3,(H,77,78)(H,79,80)/b11-8-,19-16-,20-17-,27-25-,28-26-,32-31-,35-33-,37-36-,43-41-. The number of esters is 3. The van der Waals surface area contributed by atoms with Crippen LogP contribution >= 0.6 is 15.6 Å². The fourth-order valence-corrected chi connectivity index (χ4v) is 10.3. The van der Waals surface area contributed by atoms with Gasteiger partial charge in [-0.1, -0.05) is 246 Å². The second-order valence-corrected chi connectivity index (χ2v) is 25.5. The molecule has 0 spiro atoms. The van der Waals surface area contributed by atoms with Gasteiger partial charge in [0, 0.05) is 19.3 Å². The first kappa shape index (κ1) is 85.2. The van der Waals surface area contributed by atoms with E-state index in [0.717, 1.165) is 128 Å². The van der Waals surface area contributed by atoms with E-state index in [1.165, 1.54) is 77.0 Å². The molecule has 512 valence electrons. The number of unbranched alkanes of at least 4 members (excludes halogenated alkanes) is 23. The molecular formula is C71H122O16P2. The van der Waals surface area contributed by atoms with Crippen LogP contribution in [0.4, 0.5) is 0 Å². The zero-order valence-electron chi connectivity index (χ0n) is 55.3. The van der Waals surface area contributed by atoms with Crippen molar-refractivity contribution >= 4 is 33.6 Å². The Labute approximate surface area is 539 Å². The molecule has 0 bridgehead atoms. The maximum atomic E-state index is 12.9. The summed E-state index contributed by atoms with van der Waals surface area (Å²) in [6.45, 7) is 2.46. The molecule has 0 rings (SSSR count). The molecule has 4 N–H and O–H groups in total. The van der Waals surface area contributed by atoms with Gasteiger partial charge >= 0.3 is 33.6 Å². The summed E-state index contributed by atoms with van der Waals surface area (Å²) in [7, 11) is -9.79. The number of phosphoric ester groups is 2. The number of hydrogen-bond acceptors (Lipinski definition) is 14. The molecule has 0 aliphatic carbocycles. The molecule has 16 nitrogen and oxygen atoms in total. The maximum Gasteiger partial charge on any atom is 0.472 e. The molecule has 5 unspecified atom stereocenters. The Balaban J connectivity index is 4.68. The van der Waals surface area contributed by atoms with Crippen molar-refractivity contribution in [3.05, 3.63) is 109 Å². The predicted octanol–water partition coefficient (Wildman–Crippen LogP) is 18.9. The van der Waals surface area contributed by atoms with Crippen LogP contribution in [0.3, 0.4) is 0 Å².